The maximum Gasteiger partial charge on any atom is 0.305 e. The summed E-state index contributed by atoms with van der Waals surface area (Å²) < 4.78 is 0. The van der Waals surface area contributed by atoms with E-state index in [0.29, 0.717) is 5.56 Å². The number of hydrogen-bond donors (Lipinski definition) is 2. The van der Waals surface area contributed by atoms with E-state index in [4.69, 9.17) is 10.2 Å². The maximum absolute atomic E-state index is 11.7. The molecule has 86 valence electrons. The van der Waals surface area contributed by atoms with Crippen molar-refractivity contribution in [2.45, 2.75) is 6.42 Å². The fraction of sp³-hybridized carbons (Fsp3) is 0.273. The molecule has 0 saturated carbocycles. The van der Waals surface area contributed by atoms with E-state index in [9.17, 15) is 9.59 Å². The van der Waals surface area contributed by atoms with E-state index < -0.39 is 5.97 Å². The van der Waals surface area contributed by atoms with Crippen LogP contribution in [0.25, 0.3) is 0 Å². The largest absolute Gasteiger partial charge is 0.508 e. The van der Waals surface area contributed by atoms with Gasteiger partial charge in [0.1, 0.15) is 5.75 Å². The first kappa shape index (κ1) is 12.0. The molecular weight excluding hydrogens is 210 g/mol. The van der Waals surface area contributed by atoms with Gasteiger partial charge in [-0.05, 0) is 24.3 Å². The standard InChI is InChI=1S/C11H13NO4/c1-12(7-6-10(14)15)11(16)8-2-4-9(13)5-3-8/h2-5,13H,6-7H2,1H3,(H,14,15). The third-order valence-corrected chi connectivity index (χ3v) is 2.12. The summed E-state index contributed by atoms with van der Waals surface area (Å²) in [5, 5.41) is 17.5. The molecule has 0 aliphatic rings. The average Bonchev–Trinajstić information content (AvgIpc) is 2.26. The Morgan fingerprint density at radius 3 is 2.31 bits per heavy atom. The van der Waals surface area contributed by atoms with Crippen molar-refractivity contribution in [1.82, 2.24) is 4.90 Å². The molecule has 5 heteroatoms. The van der Waals surface area contributed by atoms with E-state index >= 15 is 0 Å². The molecule has 0 spiro atoms. The number of carbonyl (C=O) groups is 2. The highest BCUT2D eigenvalue weighted by atomic mass is 16.4. The third kappa shape index (κ3) is 3.27. The van der Waals surface area contributed by atoms with Gasteiger partial charge in [-0.3, -0.25) is 9.59 Å². The summed E-state index contributed by atoms with van der Waals surface area (Å²) in [4.78, 5) is 23.4. The van der Waals surface area contributed by atoms with Crippen molar-refractivity contribution >= 4 is 11.9 Å². The number of phenols is 1. The highest BCUT2D eigenvalue weighted by Crippen LogP contribution is 2.11. The molecule has 0 atom stereocenters. The van der Waals surface area contributed by atoms with E-state index in [0.717, 1.165) is 0 Å². The summed E-state index contributed by atoms with van der Waals surface area (Å²) >= 11 is 0. The van der Waals surface area contributed by atoms with Gasteiger partial charge >= 0.3 is 5.97 Å². The molecular formula is C11H13NO4. The van der Waals surface area contributed by atoms with Crippen LogP contribution in [0.3, 0.4) is 0 Å². The molecule has 16 heavy (non-hydrogen) atoms. The Kier molecular flexibility index (Phi) is 3.88. The summed E-state index contributed by atoms with van der Waals surface area (Å²) in [7, 11) is 1.54. The van der Waals surface area contributed by atoms with Crippen molar-refractivity contribution in [3.8, 4) is 5.75 Å². The number of carboxylic acids is 1. The third-order valence-electron chi connectivity index (χ3n) is 2.12. The van der Waals surface area contributed by atoms with Crippen molar-refractivity contribution in [2.75, 3.05) is 13.6 Å². The van der Waals surface area contributed by atoms with Crippen molar-refractivity contribution < 1.29 is 19.8 Å². The van der Waals surface area contributed by atoms with Gasteiger partial charge in [0.2, 0.25) is 0 Å². The zero-order chi connectivity index (χ0) is 12.1. The van der Waals surface area contributed by atoms with Crippen LogP contribution in [0.15, 0.2) is 24.3 Å². The van der Waals surface area contributed by atoms with Gasteiger partial charge in [0.15, 0.2) is 0 Å². The van der Waals surface area contributed by atoms with Crippen molar-refractivity contribution in [3.05, 3.63) is 29.8 Å². The van der Waals surface area contributed by atoms with Crippen molar-refractivity contribution in [3.63, 3.8) is 0 Å². The molecule has 0 aliphatic carbocycles. The van der Waals surface area contributed by atoms with Crippen LogP contribution in [0.1, 0.15) is 16.8 Å². The highest BCUT2D eigenvalue weighted by Gasteiger charge is 2.12. The zero-order valence-electron chi connectivity index (χ0n) is 8.88. The Balaban J connectivity index is 2.63. The van der Waals surface area contributed by atoms with Crippen LogP contribution < -0.4 is 0 Å². The molecule has 2 N–H and O–H groups in total. The predicted octanol–water partition coefficient (Wildman–Crippen LogP) is 0.939. The molecule has 0 aliphatic heterocycles. The topological polar surface area (TPSA) is 77.8 Å². The van der Waals surface area contributed by atoms with Gasteiger partial charge in [-0.2, -0.15) is 0 Å². The van der Waals surface area contributed by atoms with Crippen molar-refractivity contribution in [1.29, 1.82) is 0 Å². The zero-order valence-corrected chi connectivity index (χ0v) is 8.88. The summed E-state index contributed by atoms with van der Waals surface area (Å²) in [6.07, 6.45) is -0.0830. The number of phenolic OH excluding ortho intramolecular Hbond substituents is 1. The predicted molar refractivity (Wildman–Crippen MR) is 57.3 cm³/mol. The Morgan fingerprint density at radius 2 is 1.81 bits per heavy atom. The van der Waals surface area contributed by atoms with Gasteiger partial charge in [0.05, 0.1) is 6.42 Å². The molecule has 0 heterocycles. The Hall–Kier alpha value is -2.04. The minimum absolute atomic E-state index is 0.0830. The van der Waals surface area contributed by atoms with Crippen LogP contribution in [-0.4, -0.2) is 40.6 Å². The Morgan fingerprint density at radius 1 is 1.25 bits per heavy atom. The Bertz CT molecular complexity index is 385. The number of amides is 1. The molecule has 0 saturated heterocycles. The van der Waals surface area contributed by atoms with Gasteiger partial charge in [-0.15, -0.1) is 0 Å². The molecule has 1 rings (SSSR count). The van der Waals surface area contributed by atoms with Crippen molar-refractivity contribution in [2.24, 2.45) is 0 Å². The maximum atomic E-state index is 11.7. The lowest BCUT2D eigenvalue weighted by atomic mass is 10.2. The lowest BCUT2D eigenvalue weighted by Gasteiger charge is -2.15. The van der Waals surface area contributed by atoms with Gasteiger partial charge in [0, 0.05) is 19.2 Å². The molecule has 0 unspecified atom stereocenters. The van der Waals surface area contributed by atoms with Crippen LogP contribution in [0, 0.1) is 0 Å². The van der Waals surface area contributed by atoms with Crippen LogP contribution in [0.2, 0.25) is 0 Å². The molecule has 1 aromatic carbocycles. The molecule has 1 amide bonds. The van der Waals surface area contributed by atoms with E-state index in [-0.39, 0.29) is 24.6 Å². The quantitative estimate of drug-likeness (QED) is 0.796. The number of nitrogens with zero attached hydrogens (tertiary/aromatic N) is 1. The van der Waals surface area contributed by atoms with Crippen LogP contribution in [0.5, 0.6) is 5.75 Å². The number of hydrogen-bond acceptors (Lipinski definition) is 3. The number of rotatable bonds is 4. The minimum Gasteiger partial charge on any atom is -0.508 e. The first-order valence-electron chi connectivity index (χ1n) is 4.77. The summed E-state index contributed by atoms with van der Waals surface area (Å²) in [5.74, 6) is -1.11. The van der Waals surface area contributed by atoms with Crippen LogP contribution >= 0.6 is 0 Å². The molecule has 0 bridgehead atoms. The molecule has 0 radical (unpaired) electrons. The molecule has 0 aromatic heterocycles. The second kappa shape index (κ2) is 5.16. The second-order valence-corrected chi connectivity index (χ2v) is 3.42. The van der Waals surface area contributed by atoms with Crippen LogP contribution in [-0.2, 0) is 4.79 Å². The molecule has 0 fully saturated rings. The summed E-state index contributed by atoms with van der Waals surface area (Å²) in [6.45, 7) is 0.162. The summed E-state index contributed by atoms with van der Waals surface area (Å²) in [6, 6.07) is 5.82. The lowest BCUT2D eigenvalue weighted by Crippen LogP contribution is -2.28. The average molecular weight is 223 g/mol. The van der Waals surface area contributed by atoms with E-state index in [1.165, 1.54) is 36.2 Å². The number of aromatic hydroxyl groups is 1. The van der Waals surface area contributed by atoms with Gasteiger partial charge in [0.25, 0.3) is 5.91 Å². The van der Waals surface area contributed by atoms with Gasteiger partial charge in [-0.25, -0.2) is 0 Å². The van der Waals surface area contributed by atoms with Gasteiger partial charge in [-0.1, -0.05) is 0 Å². The number of aliphatic carboxylic acids is 1. The van der Waals surface area contributed by atoms with E-state index in [1.54, 1.807) is 0 Å². The first-order chi connectivity index (χ1) is 7.50. The number of carboxylic acid groups (broad SMARTS) is 1. The van der Waals surface area contributed by atoms with E-state index in [1.807, 2.05) is 0 Å². The lowest BCUT2D eigenvalue weighted by molar-refractivity contribution is -0.137. The summed E-state index contributed by atoms with van der Waals surface area (Å²) in [5.41, 5.74) is 0.422. The minimum atomic E-state index is -0.939. The van der Waals surface area contributed by atoms with Crippen LogP contribution in [0.4, 0.5) is 0 Å². The highest BCUT2D eigenvalue weighted by molar-refractivity contribution is 5.94. The smallest absolute Gasteiger partial charge is 0.305 e. The fourth-order valence-corrected chi connectivity index (χ4v) is 1.19. The Labute approximate surface area is 92.9 Å². The monoisotopic (exact) mass is 223 g/mol. The molecule has 5 nitrogen and oxygen atoms in total. The van der Waals surface area contributed by atoms with E-state index in [2.05, 4.69) is 0 Å². The number of benzene rings is 1. The van der Waals surface area contributed by atoms with Gasteiger partial charge < -0.3 is 15.1 Å². The fourth-order valence-electron chi connectivity index (χ4n) is 1.19. The second-order valence-electron chi connectivity index (χ2n) is 3.42. The normalized spacial score (nSPS) is 9.81. The SMILES string of the molecule is CN(CCC(=O)O)C(=O)c1ccc(O)cc1. The number of carbonyl (C=O) groups excluding carboxylic acids is 1. The first-order valence-corrected chi connectivity index (χ1v) is 4.77. The molecule has 1 aromatic rings.